The topological polar surface area (TPSA) is 50.8 Å². The second-order valence-electron chi connectivity index (χ2n) is 6.36. The van der Waals surface area contributed by atoms with Crippen molar-refractivity contribution in [3.63, 3.8) is 0 Å². The van der Waals surface area contributed by atoms with Crippen LogP contribution < -0.4 is 10.1 Å². The molecule has 0 fully saturated rings. The summed E-state index contributed by atoms with van der Waals surface area (Å²) >= 11 is 0. The molecule has 0 heterocycles. The van der Waals surface area contributed by atoms with Crippen molar-refractivity contribution < 1.29 is 14.3 Å². The first kappa shape index (κ1) is 19.9. The van der Waals surface area contributed by atoms with Crippen LogP contribution in [0.25, 0.3) is 0 Å². The van der Waals surface area contributed by atoms with Crippen LogP contribution in [0.3, 0.4) is 0 Å². The van der Waals surface area contributed by atoms with Crippen LogP contribution in [0.2, 0.25) is 0 Å². The number of carbonyl (C=O) groups excluding carboxylic acids is 1. The number of rotatable bonds is 9. The van der Waals surface area contributed by atoms with Gasteiger partial charge in [0.1, 0.15) is 5.75 Å². The van der Waals surface area contributed by atoms with Gasteiger partial charge in [0, 0.05) is 25.3 Å². The van der Waals surface area contributed by atoms with E-state index in [-0.39, 0.29) is 11.9 Å². The highest BCUT2D eigenvalue weighted by Crippen LogP contribution is 2.27. The number of likely N-dealkylation sites (N-methyl/N-ethyl adjacent to an activating group) is 1. The minimum Gasteiger partial charge on any atom is -0.496 e. The fourth-order valence-corrected chi connectivity index (χ4v) is 2.79. The number of nitrogens with zero attached hydrogens (tertiary/aromatic N) is 1. The Morgan fingerprint density at radius 3 is 2.38 bits per heavy atom. The molecule has 1 unspecified atom stereocenters. The van der Waals surface area contributed by atoms with E-state index in [1.807, 2.05) is 60.5 Å². The van der Waals surface area contributed by atoms with Gasteiger partial charge in [-0.3, -0.25) is 9.69 Å². The molecule has 0 aliphatic rings. The highest BCUT2D eigenvalue weighted by Gasteiger charge is 2.17. The van der Waals surface area contributed by atoms with Crippen LogP contribution in [0.1, 0.15) is 29.7 Å². The van der Waals surface area contributed by atoms with E-state index in [0.29, 0.717) is 19.7 Å². The van der Waals surface area contributed by atoms with Crippen molar-refractivity contribution in [1.29, 1.82) is 0 Å². The first-order valence-electron chi connectivity index (χ1n) is 8.71. The van der Waals surface area contributed by atoms with Crippen LogP contribution in [0.4, 0.5) is 0 Å². The van der Waals surface area contributed by atoms with Gasteiger partial charge in [-0.2, -0.15) is 0 Å². The summed E-state index contributed by atoms with van der Waals surface area (Å²) < 4.78 is 10.5. The summed E-state index contributed by atoms with van der Waals surface area (Å²) in [6.45, 7) is 3.50. The molecule has 26 heavy (non-hydrogen) atoms. The van der Waals surface area contributed by atoms with Gasteiger partial charge in [-0.1, -0.05) is 42.5 Å². The van der Waals surface area contributed by atoms with Gasteiger partial charge in [0.05, 0.1) is 20.3 Å². The Balaban J connectivity index is 1.86. The van der Waals surface area contributed by atoms with E-state index in [1.165, 1.54) is 0 Å². The highest BCUT2D eigenvalue weighted by atomic mass is 16.5. The minimum atomic E-state index is -0.00443. The molecule has 5 nitrogen and oxygen atoms in total. The summed E-state index contributed by atoms with van der Waals surface area (Å²) in [6, 6.07) is 16.0. The first-order valence-corrected chi connectivity index (χ1v) is 8.71. The van der Waals surface area contributed by atoms with Crippen molar-refractivity contribution in [3.05, 3.63) is 65.2 Å². The Bertz CT molecular complexity index is 701. The van der Waals surface area contributed by atoms with Crippen molar-refractivity contribution in [2.75, 3.05) is 27.8 Å². The lowest BCUT2D eigenvalue weighted by Crippen LogP contribution is -2.36. The number of methoxy groups -OCH3 is 2. The largest absolute Gasteiger partial charge is 0.496 e. The minimum absolute atomic E-state index is 0.00443. The molecule has 0 bridgehead atoms. The van der Waals surface area contributed by atoms with Gasteiger partial charge in [0.15, 0.2) is 0 Å². The first-order chi connectivity index (χ1) is 12.5. The summed E-state index contributed by atoms with van der Waals surface area (Å²) in [5.74, 6) is 0.832. The van der Waals surface area contributed by atoms with E-state index < -0.39 is 0 Å². The van der Waals surface area contributed by atoms with Crippen molar-refractivity contribution in [2.24, 2.45) is 0 Å². The van der Waals surface area contributed by atoms with Crippen LogP contribution in [-0.2, 0) is 22.7 Å². The van der Waals surface area contributed by atoms with Crippen molar-refractivity contribution in [3.8, 4) is 5.75 Å². The zero-order chi connectivity index (χ0) is 18.9. The zero-order valence-electron chi connectivity index (χ0n) is 16.0. The lowest BCUT2D eigenvalue weighted by Gasteiger charge is -2.25. The molecule has 0 aliphatic carbocycles. The van der Waals surface area contributed by atoms with Gasteiger partial charge >= 0.3 is 0 Å². The highest BCUT2D eigenvalue weighted by molar-refractivity contribution is 5.78. The summed E-state index contributed by atoms with van der Waals surface area (Å²) in [7, 11) is 5.28. The van der Waals surface area contributed by atoms with Crippen LogP contribution in [0.5, 0.6) is 5.75 Å². The number of hydrogen-bond acceptors (Lipinski definition) is 4. The smallest absolute Gasteiger partial charge is 0.234 e. The molecule has 0 saturated carbocycles. The molecule has 0 spiro atoms. The van der Waals surface area contributed by atoms with Gasteiger partial charge in [-0.15, -0.1) is 0 Å². The average Bonchev–Trinajstić information content (AvgIpc) is 2.67. The molecule has 1 amide bonds. The SMILES string of the molecule is COCc1ccc(CNC(=O)CN(C)C(C)c2ccccc2OC)cc1. The maximum absolute atomic E-state index is 12.3. The molecule has 2 aromatic rings. The molecular weight excluding hydrogens is 328 g/mol. The second-order valence-corrected chi connectivity index (χ2v) is 6.36. The molecule has 140 valence electrons. The third-order valence-corrected chi connectivity index (χ3v) is 4.47. The van der Waals surface area contributed by atoms with Gasteiger partial charge in [0.2, 0.25) is 5.91 Å². The fraction of sp³-hybridized carbons (Fsp3) is 0.381. The standard InChI is InChI=1S/C21H28N2O3/c1-16(19-7-5-6-8-20(19)26-4)23(2)14-21(24)22-13-17-9-11-18(12-10-17)15-25-3/h5-12,16H,13-15H2,1-4H3,(H,22,24). The predicted octanol–water partition coefficient (Wildman–Crippen LogP) is 3.15. The maximum atomic E-state index is 12.3. The van der Waals surface area contributed by atoms with Crippen LogP contribution >= 0.6 is 0 Å². The molecule has 0 aliphatic heterocycles. The van der Waals surface area contributed by atoms with E-state index in [1.54, 1.807) is 14.2 Å². The Labute approximate surface area is 155 Å². The molecule has 1 atom stereocenters. The van der Waals surface area contributed by atoms with Gasteiger partial charge in [-0.25, -0.2) is 0 Å². The monoisotopic (exact) mass is 356 g/mol. The molecule has 0 radical (unpaired) electrons. The van der Waals surface area contributed by atoms with Gasteiger partial charge in [-0.05, 0) is 31.2 Å². The molecule has 5 heteroatoms. The van der Waals surface area contributed by atoms with Crippen LogP contribution in [0, 0.1) is 0 Å². The van der Waals surface area contributed by atoms with E-state index in [0.717, 1.165) is 22.4 Å². The lowest BCUT2D eigenvalue weighted by molar-refractivity contribution is -0.122. The number of amides is 1. The molecule has 0 saturated heterocycles. The summed E-state index contributed by atoms with van der Waals surface area (Å²) in [5.41, 5.74) is 3.26. The normalized spacial score (nSPS) is 12.0. The average molecular weight is 356 g/mol. The van der Waals surface area contributed by atoms with Gasteiger partial charge < -0.3 is 14.8 Å². The Hall–Kier alpha value is -2.37. The van der Waals surface area contributed by atoms with Crippen molar-refractivity contribution in [2.45, 2.75) is 26.1 Å². The number of carbonyl (C=O) groups is 1. The number of ether oxygens (including phenoxy) is 2. The maximum Gasteiger partial charge on any atom is 0.234 e. The summed E-state index contributed by atoms with van der Waals surface area (Å²) in [4.78, 5) is 14.3. The molecule has 2 rings (SSSR count). The molecule has 1 N–H and O–H groups in total. The Kier molecular flexibility index (Phi) is 7.63. The van der Waals surface area contributed by atoms with Crippen LogP contribution in [-0.4, -0.2) is 38.6 Å². The molecular formula is C21H28N2O3. The van der Waals surface area contributed by atoms with E-state index in [9.17, 15) is 4.79 Å². The van der Waals surface area contributed by atoms with E-state index in [2.05, 4.69) is 12.2 Å². The van der Waals surface area contributed by atoms with Crippen LogP contribution in [0.15, 0.2) is 48.5 Å². The van der Waals surface area contributed by atoms with E-state index >= 15 is 0 Å². The lowest BCUT2D eigenvalue weighted by atomic mass is 10.1. The second kappa shape index (κ2) is 9.94. The Morgan fingerprint density at radius 1 is 1.08 bits per heavy atom. The number of nitrogens with one attached hydrogen (secondary N) is 1. The van der Waals surface area contributed by atoms with Crippen molar-refractivity contribution in [1.82, 2.24) is 10.2 Å². The third kappa shape index (κ3) is 5.58. The third-order valence-electron chi connectivity index (χ3n) is 4.47. The zero-order valence-corrected chi connectivity index (χ0v) is 16.0. The Morgan fingerprint density at radius 2 is 1.73 bits per heavy atom. The molecule has 0 aromatic heterocycles. The quantitative estimate of drug-likeness (QED) is 0.750. The van der Waals surface area contributed by atoms with E-state index in [4.69, 9.17) is 9.47 Å². The van der Waals surface area contributed by atoms with Crippen molar-refractivity contribution >= 4 is 5.91 Å². The fourth-order valence-electron chi connectivity index (χ4n) is 2.79. The number of para-hydroxylation sites is 1. The number of benzene rings is 2. The molecule has 2 aromatic carbocycles. The summed E-state index contributed by atoms with van der Waals surface area (Å²) in [6.07, 6.45) is 0. The van der Waals surface area contributed by atoms with Gasteiger partial charge in [0.25, 0.3) is 0 Å². The summed E-state index contributed by atoms with van der Waals surface area (Å²) in [5, 5.41) is 2.97. The number of hydrogen-bond donors (Lipinski definition) is 1. The predicted molar refractivity (Wildman–Crippen MR) is 103 cm³/mol.